The molecule has 0 saturated carbocycles. The minimum atomic E-state index is -0.101. The summed E-state index contributed by atoms with van der Waals surface area (Å²) >= 11 is 0. The van der Waals surface area contributed by atoms with Crippen molar-refractivity contribution < 1.29 is 0 Å². The maximum Gasteiger partial charge on any atom is 0.0723 e. The van der Waals surface area contributed by atoms with E-state index >= 15 is 0 Å². The topological polar surface area (TPSA) is 43.8 Å². The van der Waals surface area contributed by atoms with Crippen LogP contribution in [0.15, 0.2) is 30.3 Å². The number of benzene rings is 1. The zero-order valence-electron chi connectivity index (χ0n) is 10.6. The van der Waals surface area contributed by atoms with Crippen LogP contribution in [0.3, 0.4) is 0 Å². The highest BCUT2D eigenvalue weighted by Gasteiger charge is 2.14. The van der Waals surface area contributed by atoms with E-state index < -0.39 is 0 Å². The van der Waals surface area contributed by atoms with Crippen molar-refractivity contribution in [3.05, 3.63) is 52.8 Å². The SMILES string of the molecule is CCn1nc(C)cc1C(N)c1cccc(C)c1. The largest absolute Gasteiger partial charge is 0.319 e. The second-order valence-electron chi connectivity index (χ2n) is 4.42. The zero-order valence-corrected chi connectivity index (χ0v) is 10.6. The molecule has 0 bridgehead atoms. The van der Waals surface area contributed by atoms with Gasteiger partial charge in [0.05, 0.1) is 17.4 Å². The Morgan fingerprint density at radius 1 is 1.29 bits per heavy atom. The number of rotatable bonds is 3. The summed E-state index contributed by atoms with van der Waals surface area (Å²) in [5, 5.41) is 4.43. The zero-order chi connectivity index (χ0) is 12.4. The van der Waals surface area contributed by atoms with Crippen molar-refractivity contribution in [3.63, 3.8) is 0 Å². The third-order valence-corrected chi connectivity index (χ3v) is 2.95. The van der Waals surface area contributed by atoms with Gasteiger partial charge in [0, 0.05) is 6.54 Å². The van der Waals surface area contributed by atoms with Crippen LogP contribution in [0.1, 0.15) is 35.5 Å². The van der Waals surface area contributed by atoms with Gasteiger partial charge in [-0.1, -0.05) is 29.8 Å². The fourth-order valence-corrected chi connectivity index (χ4v) is 2.10. The van der Waals surface area contributed by atoms with Crippen molar-refractivity contribution in [2.75, 3.05) is 0 Å². The van der Waals surface area contributed by atoms with Crippen LogP contribution in [0.2, 0.25) is 0 Å². The first-order valence-corrected chi connectivity index (χ1v) is 5.98. The molecule has 0 aliphatic carbocycles. The highest BCUT2D eigenvalue weighted by molar-refractivity contribution is 5.31. The first kappa shape index (κ1) is 11.9. The van der Waals surface area contributed by atoms with Crippen molar-refractivity contribution in [3.8, 4) is 0 Å². The Morgan fingerprint density at radius 3 is 2.71 bits per heavy atom. The highest BCUT2D eigenvalue weighted by Crippen LogP contribution is 2.21. The van der Waals surface area contributed by atoms with E-state index in [1.165, 1.54) is 5.56 Å². The molecule has 3 nitrogen and oxygen atoms in total. The van der Waals surface area contributed by atoms with Gasteiger partial charge in [-0.3, -0.25) is 4.68 Å². The average molecular weight is 229 g/mol. The van der Waals surface area contributed by atoms with Crippen LogP contribution in [0, 0.1) is 13.8 Å². The van der Waals surface area contributed by atoms with Crippen LogP contribution in [0.5, 0.6) is 0 Å². The summed E-state index contributed by atoms with van der Waals surface area (Å²) in [4.78, 5) is 0. The smallest absolute Gasteiger partial charge is 0.0723 e. The molecule has 0 aliphatic rings. The molecular formula is C14H19N3. The van der Waals surface area contributed by atoms with Crippen LogP contribution in [-0.2, 0) is 6.54 Å². The second kappa shape index (κ2) is 4.72. The second-order valence-corrected chi connectivity index (χ2v) is 4.42. The Balaban J connectivity index is 2.39. The van der Waals surface area contributed by atoms with E-state index in [0.29, 0.717) is 0 Å². The Morgan fingerprint density at radius 2 is 2.06 bits per heavy atom. The molecule has 0 radical (unpaired) electrons. The molecule has 1 heterocycles. The lowest BCUT2D eigenvalue weighted by molar-refractivity contribution is 0.597. The van der Waals surface area contributed by atoms with Crippen molar-refractivity contribution in [2.45, 2.75) is 33.4 Å². The van der Waals surface area contributed by atoms with E-state index in [0.717, 1.165) is 23.5 Å². The van der Waals surface area contributed by atoms with Gasteiger partial charge < -0.3 is 5.73 Å². The molecule has 0 spiro atoms. The van der Waals surface area contributed by atoms with Crippen LogP contribution in [0.25, 0.3) is 0 Å². The summed E-state index contributed by atoms with van der Waals surface area (Å²) in [6.45, 7) is 7.01. The Labute approximate surface area is 102 Å². The molecule has 3 heteroatoms. The van der Waals surface area contributed by atoms with Gasteiger partial charge in [-0.25, -0.2) is 0 Å². The Kier molecular flexibility index (Phi) is 3.29. The predicted octanol–water partition coefficient (Wildman–Crippen LogP) is 2.57. The van der Waals surface area contributed by atoms with Gasteiger partial charge >= 0.3 is 0 Å². The van der Waals surface area contributed by atoms with Crippen LogP contribution < -0.4 is 5.73 Å². The van der Waals surface area contributed by atoms with Gasteiger partial charge in [-0.2, -0.15) is 5.10 Å². The van der Waals surface area contributed by atoms with E-state index in [1.54, 1.807) is 0 Å². The number of nitrogens with zero attached hydrogens (tertiary/aromatic N) is 2. The van der Waals surface area contributed by atoms with Gasteiger partial charge in [0.2, 0.25) is 0 Å². The van der Waals surface area contributed by atoms with Gasteiger partial charge in [0.25, 0.3) is 0 Å². The quantitative estimate of drug-likeness (QED) is 0.879. The lowest BCUT2D eigenvalue weighted by Crippen LogP contribution is -2.17. The number of aromatic nitrogens is 2. The maximum atomic E-state index is 6.31. The number of hydrogen-bond acceptors (Lipinski definition) is 2. The molecule has 1 atom stereocenters. The molecule has 0 fully saturated rings. The van der Waals surface area contributed by atoms with Gasteiger partial charge in [0.15, 0.2) is 0 Å². The monoisotopic (exact) mass is 229 g/mol. The first-order chi connectivity index (χ1) is 8.11. The molecule has 17 heavy (non-hydrogen) atoms. The number of nitrogens with two attached hydrogens (primary N) is 1. The van der Waals surface area contributed by atoms with E-state index in [2.05, 4.69) is 43.2 Å². The molecule has 0 amide bonds. The number of hydrogen-bond donors (Lipinski definition) is 1. The van der Waals surface area contributed by atoms with Gasteiger partial charge in [-0.15, -0.1) is 0 Å². The fraction of sp³-hybridized carbons (Fsp3) is 0.357. The minimum absolute atomic E-state index is 0.101. The molecule has 1 aromatic carbocycles. The van der Waals surface area contributed by atoms with Crippen LogP contribution >= 0.6 is 0 Å². The van der Waals surface area contributed by atoms with Crippen molar-refractivity contribution >= 4 is 0 Å². The molecule has 90 valence electrons. The standard InChI is InChI=1S/C14H19N3/c1-4-17-13(9-11(3)16-17)14(15)12-7-5-6-10(2)8-12/h5-9,14H,4,15H2,1-3H3. The van der Waals surface area contributed by atoms with Crippen molar-refractivity contribution in [1.82, 2.24) is 9.78 Å². The highest BCUT2D eigenvalue weighted by atomic mass is 15.3. The molecular weight excluding hydrogens is 210 g/mol. The lowest BCUT2D eigenvalue weighted by Gasteiger charge is -2.14. The molecule has 2 rings (SSSR count). The fourth-order valence-electron chi connectivity index (χ4n) is 2.10. The first-order valence-electron chi connectivity index (χ1n) is 5.98. The summed E-state index contributed by atoms with van der Waals surface area (Å²) < 4.78 is 1.97. The normalized spacial score (nSPS) is 12.7. The minimum Gasteiger partial charge on any atom is -0.319 e. The van der Waals surface area contributed by atoms with E-state index in [-0.39, 0.29) is 6.04 Å². The average Bonchev–Trinajstić information content (AvgIpc) is 2.69. The van der Waals surface area contributed by atoms with E-state index in [4.69, 9.17) is 5.73 Å². The molecule has 1 unspecified atom stereocenters. The van der Waals surface area contributed by atoms with E-state index in [9.17, 15) is 0 Å². The summed E-state index contributed by atoms with van der Waals surface area (Å²) in [6, 6.07) is 10.3. The molecule has 2 aromatic rings. The Bertz CT molecular complexity index is 514. The number of aryl methyl sites for hydroxylation is 3. The van der Waals surface area contributed by atoms with Crippen molar-refractivity contribution in [2.24, 2.45) is 5.73 Å². The Hall–Kier alpha value is -1.61. The van der Waals surface area contributed by atoms with Gasteiger partial charge in [-0.05, 0) is 32.4 Å². The summed E-state index contributed by atoms with van der Waals surface area (Å²) in [7, 11) is 0. The molecule has 0 aliphatic heterocycles. The van der Waals surface area contributed by atoms with Crippen LogP contribution in [0.4, 0.5) is 0 Å². The third-order valence-electron chi connectivity index (χ3n) is 2.95. The van der Waals surface area contributed by atoms with Gasteiger partial charge in [0.1, 0.15) is 0 Å². The lowest BCUT2D eigenvalue weighted by atomic mass is 10.0. The third kappa shape index (κ3) is 2.39. The molecule has 2 N–H and O–H groups in total. The maximum absolute atomic E-state index is 6.31. The summed E-state index contributed by atoms with van der Waals surface area (Å²) in [6.07, 6.45) is 0. The summed E-state index contributed by atoms with van der Waals surface area (Å²) in [5.74, 6) is 0. The molecule has 1 aromatic heterocycles. The van der Waals surface area contributed by atoms with Crippen LogP contribution in [-0.4, -0.2) is 9.78 Å². The molecule has 0 saturated heterocycles. The summed E-state index contributed by atoms with van der Waals surface area (Å²) in [5.41, 5.74) is 10.8. The predicted molar refractivity (Wildman–Crippen MR) is 69.8 cm³/mol. The van der Waals surface area contributed by atoms with E-state index in [1.807, 2.05) is 17.7 Å². The van der Waals surface area contributed by atoms with Crippen molar-refractivity contribution in [1.29, 1.82) is 0 Å².